The van der Waals surface area contributed by atoms with Gasteiger partial charge in [0.15, 0.2) is 17.7 Å². The van der Waals surface area contributed by atoms with Gasteiger partial charge in [-0.3, -0.25) is 9.59 Å². The SMILES string of the molecule is C=C1C[C@@H]2CC[C@H]1[C@@H](C(=O)N1CCC3(CC1)CN(c1ncncc1Oc1ccc(F)cc1C(=O)N(C(C)C)C(C)C)C3)N2.O=C(O)[C@H](O)CO.O=C=O. The average Bonchev–Trinajstić information content (AvgIpc) is 3.11. The lowest BCUT2D eigenvalue weighted by molar-refractivity contribution is -0.191. The van der Waals surface area contributed by atoms with Crippen LogP contribution in [0.15, 0.2) is 42.9 Å². The van der Waals surface area contributed by atoms with Crippen LogP contribution in [0.5, 0.6) is 11.5 Å². The Hall–Kier alpha value is -4.76. The number of anilines is 1. The molecule has 2 aromatic rings. The van der Waals surface area contributed by atoms with E-state index >= 15 is 0 Å². The number of aliphatic hydroxyl groups is 2. The topological polar surface area (TPSA) is 203 Å². The number of carbonyl (C=O) groups is 3. The number of fused-ring (bicyclic) bond motifs is 3. The van der Waals surface area contributed by atoms with Gasteiger partial charge in [0, 0.05) is 55.6 Å². The van der Waals surface area contributed by atoms with Crippen molar-refractivity contribution in [3.05, 3.63) is 54.3 Å². The van der Waals surface area contributed by atoms with Crippen molar-refractivity contribution in [3.8, 4) is 11.5 Å². The molecule has 16 heteroatoms. The number of amides is 2. The molecule has 0 radical (unpaired) electrons. The Bertz CT molecular complexity index is 1660. The molecule has 4 aliphatic heterocycles. The van der Waals surface area contributed by atoms with Crippen LogP contribution in [-0.4, -0.2) is 122 Å². The first-order chi connectivity index (χ1) is 25.1. The van der Waals surface area contributed by atoms with Gasteiger partial charge in [-0.15, -0.1) is 0 Å². The summed E-state index contributed by atoms with van der Waals surface area (Å²) in [7, 11) is 0. The van der Waals surface area contributed by atoms with E-state index in [1.54, 1.807) is 11.1 Å². The predicted octanol–water partition coefficient (Wildman–Crippen LogP) is 2.63. The smallest absolute Gasteiger partial charge is 0.373 e. The third kappa shape index (κ3) is 9.62. The summed E-state index contributed by atoms with van der Waals surface area (Å²) in [6, 6.07) is 4.16. The summed E-state index contributed by atoms with van der Waals surface area (Å²) in [5, 5.41) is 27.3. The van der Waals surface area contributed by atoms with Crippen LogP contribution < -0.4 is 15.0 Å². The minimum Gasteiger partial charge on any atom is -0.479 e. The first-order valence-corrected chi connectivity index (χ1v) is 17.7. The fourth-order valence-electron chi connectivity index (χ4n) is 7.72. The summed E-state index contributed by atoms with van der Waals surface area (Å²) in [5.74, 6) is -0.365. The zero-order valence-electron chi connectivity index (χ0n) is 30.5. The zero-order valence-corrected chi connectivity index (χ0v) is 30.5. The summed E-state index contributed by atoms with van der Waals surface area (Å²) in [6.07, 6.45) is 6.77. The van der Waals surface area contributed by atoms with Crippen LogP contribution in [0.1, 0.15) is 70.2 Å². The number of hydrogen-bond acceptors (Lipinski definition) is 12. The van der Waals surface area contributed by atoms with Gasteiger partial charge in [0.2, 0.25) is 5.91 Å². The molecule has 5 aliphatic rings. The molecule has 53 heavy (non-hydrogen) atoms. The number of aromatic nitrogens is 2. The number of ether oxygens (including phenoxy) is 1. The largest absolute Gasteiger partial charge is 0.479 e. The van der Waals surface area contributed by atoms with Crippen LogP contribution in [-0.2, 0) is 19.2 Å². The number of benzene rings is 1. The molecule has 5 heterocycles. The van der Waals surface area contributed by atoms with E-state index < -0.39 is 24.5 Å². The van der Waals surface area contributed by atoms with Crippen molar-refractivity contribution in [2.24, 2.45) is 11.3 Å². The number of aliphatic hydroxyl groups excluding tert-OH is 2. The highest BCUT2D eigenvalue weighted by Crippen LogP contribution is 2.45. The molecule has 288 valence electrons. The number of carboxylic acid groups (broad SMARTS) is 1. The summed E-state index contributed by atoms with van der Waals surface area (Å²) in [4.78, 5) is 67.4. The summed E-state index contributed by atoms with van der Waals surface area (Å²) in [5.41, 5.74) is 1.51. The lowest BCUT2D eigenvalue weighted by Crippen LogP contribution is -2.64. The molecular weight excluding hydrogens is 691 g/mol. The van der Waals surface area contributed by atoms with Crippen LogP contribution in [0.4, 0.5) is 10.2 Å². The van der Waals surface area contributed by atoms with Crippen molar-refractivity contribution in [1.82, 2.24) is 25.1 Å². The summed E-state index contributed by atoms with van der Waals surface area (Å²) < 4.78 is 20.6. The van der Waals surface area contributed by atoms with E-state index in [0.717, 1.165) is 58.3 Å². The number of likely N-dealkylation sites (tertiary alicyclic amines) is 1. The van der Waals surface area contributed by atoms with E-state index in [4.69, 9.17) is 29.6 Å². The van der Waals surface area contributed by atoms with Crippen LogP contribution in [0.25, 0.3) is 0 Å². The number of rotatable bonds is 9. The van der Waals surface area contributed by atoms with Crippen molar-refractivity contribution in [2.75, 3.05) is 37.7 Å². The Labute approximate surface area is 307 Å². The Morgan fingerprint density at radius 3 is 2.28 bits per heavy atom. The van der Waals surface area contributed by atoms with Gasteiger partial charge in [-0.2, -0.15) is 9.59 Å². The maximum absolute atomic E-state index is 14.3. The fourth-order valence-corrected chi connectivity index (χ4v) is 7.72. The van der Waals surface area contributed by atoms with Crippen LogP contribution in [0.3, 0.4) is 0 Å². The van der Waals surface area contributed by atoms with Crippen LogP contribution >= 0.6 is 0 Å². The highest BCUT2D eigenvalue weighted by atomic mass is 19.1. The maximum atomic E-state index is 14.3. The summed E-state index contributed by atoms with van der Waals surface area (Å²) in [6.45, 7) is 14.4. The van der Waals surface area contributed by atoms with Crippen molar-refractivity contribution >= 4 is 29.8 Å². The Morgan fingerprint density at radius 2 is 1.75 bits per heavy atom. The molecular formula is C37H49FN6O9. The predicted molar refractivity (Wildman–Crippen MR) is 188 cm³/mol. The van der Waals surface area contributed by atoms with Crippen molar-refractivity contribution in [2.45, 2.75) is 90.1 Å². The standard InChI is InChI=1S/C33H43FN6O3.C3H6O4.CO2/c1-20(2)40(21(3)4)31(41)26-15-23(34)6-9-27(26)43-28-16-35-19-36-30(28)39-17-33(18-39)10-12-38(13-11-33)32(42)29-25-8-7-24(37-29)14-22(25)5;4-1-2(5)3(6)7;2-1-3/h6,9,15-16,19-21,24-25,29,37H,5,7-8,10-14,17-18H2,1-4H3;2,4-5H,1H2,(H,6,7);/t24-,25+,29-;2-;/m01./s1. The molecule has 2 amide bonds. The number of nitrogens with zero attached hydrogens (tertiary/aromatic N) is 5. The molecule has 15 nitrogen and oxygen atoms in total. The zero-order chi connectivity index (χ0) is 39.0. The third-order valence-electron chi connectivity index (χ3n) is 10.3. The molecule has 4 atom stereocenters. The molecule has 0 unspecified atom stereocenters. The van der Waals surface area contributed by atoms with E-state index in [2.05, 4.69) is 26.8 Å². The first-order valence-electron chi connectivity index (χ1n) is 17.7. The number of piperidine rings is 3. The molecule has 1 aromatic carbocycles. The highest BCUT2D eigenvalue weighted by Gasteiger charge is 2.49. The maximum Gasteiger partial charge on any atom is 0.373 e. The Balaban J connectivity index is 0.000000557. The second kappa shape index (κ2) is 17.8. The van der Waals surface area contributed by atoms with Crippen molar-refractivity contribution in [1.29, 1.82) is 0 Å². The second-order valence-corrected chi connectivity index (χ2v) is 14.5. The fraction of sp³-hybridized carbons (Fsp3) is 0.568. The monoisotopic (exact) mass is 740 g/mol. The molecule has 1 saturated carbocycles. The number of carbonyl (C=O) groups excluding carboxylic acids is 4. The number of carboxylic acids is 1. The molecule has 1 aromatic heterocycles. The molecule has 1 spiro atoms. The molecule has 5 fully saturated rings. The van der Waals surface area contributed by atoms with Crippen molar-refractivity contribution in [3.63, 3.8) is 0 Å². The van der Waals surface area contributed by atoms with Gasteiger partial charge in [0.1, 0.15) is 17.9 Å². The Morgan fingerprint density at radius 1 is 1.11 bits per heavy atom. The van der Waals surface area contributed by atoms with E-state index in [1.165, 1.54) is 30.1 Å². The molecule has 4 saturated heterocycles. The number of hydrogen-bond donors (Lipinski definition) is 4. The van der Waals surface area contributed by atoms with Crippen molar-refractivity contribution < 1.29 is 48.4 Å². The molecule has 7 rings (SSSR count). The van der Waals surface area contributed by atoms with E-state index in [0.29, 0.717) is 17.6 Å². The lowest BCUT2D eigenvalue weighted by Gasteiger charge is -2.55. The van der Waals surface area contributed by atoms with Gasteiger partial charge < -0.3 is 40.1 Å². The van der Waals surface area contributed by atoms with Gasteiger partial charge in [-0.25, -0.2) is 19.2 Å². The minimum atomic E-state index is -1.63. The summed E-state index contributed by atoms with van der Waals surface area (Å²) >= 11 is 0. The van der Waals surface area contributed by atoms with E-state index in [-0.39, 0.29) is 58.7 Å². The van der Waals surface area contributed by atoms with Crippen LogP contribution in [0, 0.1) is 17.2 Å². The Kier molecular flexibility index (Phi) is 13.8. The third-order valence-corrected chi connectivity index (χ3v) is 10.3. The van der Waals surface area contributed by atoms with Gasteiger partial charge >= 0.3 is 12.1 Å². The van der Waals surface area contributed by atoms with Gasteiger partial charge in [-0.1, -0.05) is 12.2 Å². The number of halogens is 1. The molecule has 2 bridgehead atoms. The first kappa shape index (κ1) is 41.0. The van der Waals surface area contributed by atoms with Gasteiger partial charge in [-0.05, 0) is 78.0 Å². The number of nitrogens with one attached hydrogen (secondary N) is 1. The van der Waals surface area contributed by atoms with E-state index in [1.807, 2.05) is 32.6 Å². The lowest BCUT2D eigenvalue weighted by atomic mass is 9.70. The normalized spacial score (nSPS) is 21.8. The van der Waals surface area contributed by atoms with Gasteiger partial charge in [0.25, 0.3) is 5.91 Å². The van der Waals surface area contributed by atoms with E-state index in [9.17, 15) is 18.8 Å². The van der Waals surface area contributed by atoms with Crippen LogP contribution in [0.2, 0.25) is 0 Å². The second-order valence-electron chi connectivity index (χ2n) is 14.5. The average molecular weight is 741 g/mol. The van der Waals surface area contributed by atoms with Gasteiger partial charge in [0.05, 0.1) is 24.4 Å². The molecule has 1 aliphatic carbocycles. The highest BCUT2D eigenvalue weighted by molar-refractivity contribution is 5.97. The quantitative estimate of drug-likeness (QED) is 0.274. The number of aliphatic carboxylic acids is 1. The minimum absolute atomic E-state index is 0.0632. The molecule has 4 N–H and O–H groups in total.